The summed E-state index contributed by atoms with van der Waals surface area (Å²) in [6.07, 6.45) is 0. The maximum Gasteiger partial charge on any atom is 0.171 e. The van der Waals surface area contributed by atoms with Crippen LogP contribution < -0.4 is 23.7 Å². The molecule has 0 N–H and O–H groups in total. The van der Waals surface area contributed by atoms with E-state index < -0.39 is 5.92 Å². The molecule has 32 heavy (non-hydrogen) atoms. The lowest BCUT2D eigenvalue weighted by molar-refractivity contribution is 0.0968. The van der Waals surface area contributed by atoms with Gasteiger partial charge >= 0.3 is 0 Å². The molecule has 0 aromatic heterocycles. The fourth-order valence-corrected chi connectivity index (χ4v) is 4.42. The molecule has 0 radical (unpaired) electrons. The number of rotatable bonds is 7. The molecule has 3 aromatic rings. The van der Waals surface area contributed by atoms with Crippen LogP contribution in [0.4, 0.5) is 0 Å². The third-order valence-electron chi connectivity index (χ3n) is 5.97. The highest BCUT2D eigenvalue weighted by atomic mass is 16.5. The van der Waals surface area contributed by atoms with E-state index in [0.717, 1.165) is 22.4 Å². The third-order valence-corrected chi connectivity index (χ3v) is 5.97. The van der Waals surface area contributed by atoms with Crippen molar-refractivity contribution in [1.82, 2.24) is 0 Å². The van der Waals surface area contributed by atoms with Gasteiger partial charge in [-0.05, 0) is 41.5 Å². The zero-order chi connectivity index (χ0) is 22.8. The van der Waals surface area contributed by atoms with E-state index in [1.54, 1.807) is 41.6 Å². The Labute approximate surface area is 187 Å². The fourth-order valence-electron chi connectivity index (χ4n) is 4.42. The summed E-state index contributed by atoms with van der Waals surface area (Å²) in [6.45, 7) is 0. The van der Waals surface area contributed by atoms with Crippen LogP contribution in [0.25, 0.3) is 0 Å². The minimum Gasteiger partial charge on any atom is -0.497 e. The third kappa shape index (κ3) is 3.62. The van der Waals surface area contributed by atoms with Crippen molar-refractivity contribution in [2.45, 2.75) is 11.8 Å². The summed E-state index contributed by atoms with van der Waals surface area (Å²) in [5, 5.41) is 0. The predicted octanol–water partition coefficient (Wildman–Crippen LogP) is 4.84. The lowest BCUT2D eigenvalue weighted by Gasteiger charge is -2.23. The van der Waals surface area contributed by atoms with Crippen LogP contribution in [-0.2, 0) is 0 Å². The van der Waals surface area contributed by atoms with Gasteiger partial charge in [0.25, 0.3) is 0 Å². The molecule has 6 nitrogen and oxygen atoms in total. The van der Waals surface area contributed by atoms with E-state index in [1.807, 2.05) is 48.5 Å². The minimum atomic E-state index is -0.450. The summed E-state index contributed by atoms with van der Waals surface area (Å²) in [6, 6.07) is 16.9. The molecule has 0 aliphatic heterocycles. The maximum atomic E-state index is 13.8. The predicted molar refractivity (Wildman–Crippen MR) is 121 cm³/mol. The molecular formula is C26H26O6. The maximum absolute atomic E-state index is 13.8. The van der Waals surface area contributed by atoms with Crippen molar-refractivity contribution >= 4 is 5.78 Å². The topological polar surface area (TPSA) is 63.2 Å². The SMILES string of the molecule is COc1ccc(C2C(=O)c3cc(OC)cc(OC)c3C2c2cc(OC)cc(OC)c2)cc1. The van der Waals surface area contributed by atoms with Gasteiger partial charge in [-0.2, -0.15) is 0 Å². The largest absolute Gasteiger partial charge is 0.497 e. The number of carbonyl (C=O) groups excluding carboxylic acids is 1. The van der Waals surface area contributed by atoms with Gasteiger partial charge in [0.1, 0.15) is 28.7 Å². The van der Waals surface area contributed by atoms with E-state index in [1.165, 1.54) is 0 Å². The number of hydrogen-bond acceptors (Lipinski definition) is 6. The molecule has 3 aromatic carbocycles. The van der Waals surface area contributed by atoms with Crippen LogP contribution in [0.15, 0.2) is 54.6 Å². The number of hydrogen-bond donors (Lipinski definition) is 0. The lowest BCUT2D eigenvalue weighted by Crippen LogP contribution is -2.13. The second-order valence-corrected chi connectivity index (χ2v) is 7.53. The summed E-state index contributed by atoms with van der Waals surface area (Å²) in [5.74, 6) is 2.48. The number of Topliss-reactive ketones (excluding diaryl/α,β-unsaturated/α-hetero) is 1. The fraction of sp³-hybridized carbons (Fsp3) is 0.269. The molecule has 0 bridgehead atoms. The van der Waals surface area contributed by atoms with Crippen LogP contribution in [0.3, 0.4) is 0 Å². The molecule has 0 amide bonds. The van der Waals surface area contributed by atoms with Gasteiger partial charge in [-0.15, -0.1) is 0 Å². The summed E-state index contributed by atoms with van der Waals surface area (Å²) >= 11 is 0. The van der Waals surface area contributed by atoms with E-state index in [0.29, 0.717) is 28.6 Å². The quantitative estimate of drug-likeness (QED) is 0.530. The monoisotopic (exact) mass is 434 g/mol. The molecule has 0 heterocycles. The first-order valence-corrected chi connectivity index (χ1v) is 10.2. The van der Waals surface area contributed by atoms with E-state index in [9.17, 15) is 4.79 Å². The first-order valence-electron chi connectivity index (χ1n) is 10.2. The number of benzene rings is 3. The Hall–Kier alpha value is -3.67. The molecule has 6 heteroatoms. The second kappa shape index (κ2) is 8.83. The van der Waals surface area contributed by atoms with E-state index in [4.69, 9.17) is 23.7 Å². The van der Waals surface area contributed by atoms with Gasteiger partial charge in [0.15, 0.2) is 5.78 Å². The van der Waals surface area contributed by atoms with Crippen LogP contribution in [-0.4, -0.2) is 41.3 Å². The summed E-state index contributed by atoms with van der Waals surface area (Å²) in [4.78, 5) is 13.8. The van der Waals surface area contributed by atoms with Crippen LogP contribution in [0.5, 0.6) is 28.7 Å². The first kappa shape index (κ1) is 21.6. The second-order valence-electron chi connectivity index (χ2n) is 7.53. The van der Waals surface area contributed by atoms with Gasteiger partial charge in [-0.3, -0.25) is 4.79 Å². The smallest absolute Gasteiger partial charge is 0.171 e. The molecule has 2 unspecified atom stereocenters. The van der Waals surface area contributed by atoms with Crippen molar-refractivity contribution < 1.29 is 28.5 Å². The van der Waals surface area contributed by atoms with E-state index >= 15 is 0 Å². The van der Waals surface area contributed by atoms with Crippen LogP contribution in [0.1, 0.15) is 38.9 Å². The van der Waals surface area contributed by atoms with Crippen LogP contribution >= 0.6 is 0 Å². The van der Waals surface area contributed by atoms with Gasteiger partial charge in [0.05, 0.1) is 41.5 Å². The van der Waals surface area contributed by atoms with Crippen molar-refractivity contribution in [3.05, 3.63) is 76.9 Å². The minimum absolute atomic E-state index is 0.00848. The number of methoxy groups -OCH3 is 5. The van der Waals surface area contributed by atoms with Gasteiger partial charge < -0.3 is 23.7 Å². The molecule has 0 fully saturated rings. The number of ether oxygens (including phenoxy) is 5. The Morgan fingerprint density at radius 2 is 1.12 bits per heavy atom. The number of fused-ring (bicyclic) bond motifs is 1. The molecule has 0 saturated heterocycles. The van der Waals surface area contributed by atoms with Gasteiger partial charge in [-0.25, -0.2) is 0 Å². The van der Waals surface area contributed by atoms with Crippen molar-refractivity contribution in [3.63, 3.8) is 0 Å². The van der Waals surface area contributed by atoms with Gasteiger partial charge in [0, 0.05) is 29.2 Å². The average molecular weight is 434 g/mol. The normalized spacial score (nSPS) is 17.0. The highest BCUT2D eigenvalue weighted by Gasteiger charge is 2.44. The lowest BCUT2D eigenvalue weighted by atomic mass is 9.81. The molecule has 4 rings (SSSR count). The molecular weight excluding hydrogens is 408 g/mol. The van der Waals surface area contributed by atoms with Crippen molar-refractivity contribution in [2.75, 3.05) is 35.5 Å². The summed E-state index contributed by atoms with van der Waals surface area (Å²) in [7, 11) is 8.01. The van der Waals surface area contributed by atoms with E-state index in [2.05, 4.69) is 0 Å². The summed E-state index contributed by atoms with van der Waals surface area (Å²) < 4.78 is 27.5. The highest BCUT2D eigenvalue weighted by Crippen LogP contribution is 2.53. The average Bonchev–Trinajstić information content (AvgIpc) is 3.15. The highest BCUT2D eigenvalue weighted by molar-refractivity contribution is 6.08. The Morgan fingerprint density at radius 3 is 1.66 bits per heavy atom. The van der Waals surface area contributed by atoms with Crippen molar-refractivity contribution in [3.8, 4) is 28.7 Å². The first-order chi connectivity index (χ1) is 15.5. The number of carbonyl (C=O) groups is 1. The van der Waals surface area contributed by atoms with Gasteiger partial charge in [-0.1, -0.05) is 12.1 Å². The number of ketones is 1. The molecule has 1 aliphatic carbocycles. The Morgan fingerprint density at radius 1 is 0.562 bits per heavy atom. The van der Waals surface area contributed by atoms with Crippen molar-refractivity contribution in [2.24, 2.45) is 0 Å². The van der Waals surface area contributed by atoms with Crippen molar-refractivity contribution in [1.29, 1.82) is 0 Å². The zero-order valence-electron chi connectivity index (χ0n) is 18.8. The standard InChI is InChI=1S/C26H26O6/c1-28-17-8-6-15(7-9-17)24-23(16-10-18(29-2)12-19(11-16)30-3)25-21(26(24)27)13-20(31-4)14-22(25)32-5/h6-14,23-24H,1-5H3. The Balaban J connectivity index is 1.97. The molecule has 1 aliphatic rings. The van der Waals surface area contributed by atoms with Crippen LogP contribution in [0.2, 0.25) is 0 Å². The molecule has 0 saturated carbocycles. The summed E-state index contributed by atoms with van der Waals surface area (Å²) in [5.41, 5.74) is 3.21. The van der Waals surface area contributed by atoms with E-state index in [-0.39, 0.29) is 11.7 Å². The Kier molecular flexibility index (Phi) is 5.95. The molecule has 2 atom stereocenters. The molecule has 166 valence electrons. The zero-order valence-corrected chi connectivity index (χ0v) is 18.8. The molecule has 0 spiro atoms. The Bertz CT molecular complexity index is 1110. The van der Waals surface area contributed by atoms with Gasteiger partial charge in [0.2, 0.25) is 0 Å². The van der Waals surface area contributed by atoms with Crippen LogP contribution in [0, 0.1) is 0 Å².